The highest BCUT2D eigenvalue weighted by Gasteiger charge is 2.24. The molecule has 2 N–H and O–H groups in total. The zero-order valence-electron chi connectivity index (χ0n) is 12.8. The Kier molecular flexibility index (Phi) is 4.28. The van der Waals surface area contributed by atoms with E-state index in [2.05, 4.69) is 10.6 Å². The van der Waals surface area contributed by atoms with Crippen LogP contribution in [0.15, 0.2) is 48.5 Å². The summed E-state index contributed by atoms with van der Waals surface area (Å²) < 4.78 is 5.08. The lowest BCUT2D eigenvalue weighted by atomic mass is 10.1. The maximum absolute atomic E-state index is 12.3. The Balaban J connectivity index is 1.69. The number of anilines is 1. The Labute approximate surface area is 134 Å². The number of benzene rings is 2. The summed E-state index contributed by atoms with van der Waals surface area (Å²) in [5.41, 5.74) is 1.62. The van der Waals surface area contributed by atoms with E-state index in [0.717, 1.165) is 18.6 Å². The number of amides is 2. The van der Waals surface area contributed by atoms with Crippen molar-refractivity contribution < 1.29 is 14.3 Å². The molecule has 0 radical (unpaired) electrons. The van der Waals surface area contributed by atoms with E-state index in [1.807, 2.05) is 0 Å². The van der Waals surface area contributed by atoms with Gasteiger partial charge in [0, 0.05) is 22.9 Å². The highest BCUT2D eigenvalue weighted by Crippen LogP contribution is 2.20. The molecule has 5 nitrogen and oxygen atoms in total. The fourth-order valence-corrected chi connectivity index (χ4v) is 2.18. The molecule has 2 aromatic rings. The van der Waals surface area contributed by atoms with Gasteiger partial charge >= 0.3 is 0 Å². The second-order valence-electron chi connectivity index (χ2n) is 5.51. The minimum absolute atomic E-state index is 0.133. The maximum Gasteiger partial charge on any atom is 0.255 e. The van der Waals surface area contributed by atoms with Gasteiger partial charge in [-0.05, 0) is 55.3 Å². The lowest BCUT2D eigenvalue weighted by molar-refractivity contribution is 0.0951. The van der Waals surface area contributed by atoms with Crippen molar-refractivity contribution in [3.63, 3.8) is 0 Å². The first-order valence-electron chi connectivity index (χ1n) is 7.52. The molecule has 0 heterocycles. The average molecular weight is 310 g/mol. The van der Waals surface area contributed by atoms with Crippen molar-refractivity contribution in [1.82, 2.24) is 5.32 Å². The van der Waals surface area contributed by atoms with Crippen LogP contribution in [0.4, 0.5) is 5.69 Å². The fraction of sp³-hybridized carbons (Fsp3) is 0.222. The summed E-state index contributed by atoms with van der Waals surface area (Å²) in [6.07, 6.45) is 2.06. The Hall–Kier alpha value is -2.82. The van der Waals surface area contributed by atoms with Crippen LogP contribution in [0.5, 0.6) is 5.75 Å². The van der Waals surface area contributed by atoms with Crippen LogP contribution in [0.2, 0.25) is 0 Å². The van der Waals surface area contributed by atoms with Gasteiger partial charge < -0.3 is 15.4 Å². The van der Waals surface area contributed by atoms with E-state index in [0.29, 0.717) is 22.9 Å². The predicted molar refractivity (Wildman–Crippen MR) is 87.9 cm³/mol. The molecule has 2 amide bonds. The molecule has 0 unspecified atom stereocenters. The van der Waals surface area contributed by atoms with Gasteiger partial charge in [-0.2, -0.15) is 0 Å². The molecular weight excluding hydrogens is 292 g/mol. The van der Waals surface area contributed by atoms with Crippen LogP contribution in [-0.4, -0.2) is 25.0 Å². The minimum atomic E-state index is -0.253. The summed E-state index contributed by atoms with van der Waals surface area (Å²) in [4.78, 5) is 24.3. The molecule has 1 aliphatic carbocycles. The highest BCUT2D eigenvalue weighted by atomic mass is 16.5. The summed E-state index contributed by atoms with van der Waals surface area (Å²) in [6, 6.07) is 14.1. The molecule has 3 rings (SSSR count). The van der Waals surface area contributed by atoms with Gasteiger partial charge in [0.2, 0.25) is 0 Å². The molecule has 23 heavy (non-hydrogen) atoms. The lowest BCUT2D eigenvalue weighted by Gasteiger charge is -2.08. The van der Waals surface area contributed by atoms with Crippen LogP contribution in [0.1, 0.15) is 33.6 Å². The first-order valence-corrected chi connectivity index (χ1v) is 7.52. The number of hydrogen-bond donors (Lipinski definition) is 2. The van der Waals surface area contributed by atoms with E-state index in [1.165, 1.54) is 0 Å². The summed E-state index contributed by atoms with van der Waals surface area (Å²) in [5.74, 6) is 0.338. The van der Waals surface area contributed by atoms with E-state index in [-0.39, 0.29) is 11.8 Å². The third-order valence-corrected chi connectivity index (χ3v) is 3.65. The van der Waals surface area contributed by atoms with Gasteiger partial charge in [0.05, 0.1) is 7.11 Å². The SMILES string of the molecule is COc1ccc(NC(=O)c2cccc(C(=O)NC3CC3)c2)cc1. The first-order chi connectivity index (χ1) is 11.2. The summed E-state index contributed by atoms with van der Waals surface area (Å²) >= 11 is 0. The second-order valence-corrected chi connectivity index (χ2v) is 5.51. The topological polar surface area (TPSA) is 67.4 Å². The van der Waals surface area contributed by atoms with Gasteiger partial charge in [0.15, 0.2) is 0 Å². The lowest BCUT2D eigenvalue weighted by Crippen LogP contribution is -2.25. The number of carbonyl (C=O) groups excluding carboxylic acids is 2. The van der Waals surface area contributed by atoms with Crippen molar-refractivity contribution in [3.8, 4) is 5.75 Å². The van der Waals surface area contributed by atoms with Crippen LogP contribution < -0.4 is 15.4 Å². The Morgan fingerprint density at radius 3 is 2.26 bits per heavy atom. The summed E-state index contributed by atoms with van der Waals surface area (Å²) in [7, 11) is 1.59. The molecule has 0 aliphatic heterocycles. The van der Waals surface area contributed by atoms with E-state index >= 15 is 0 Å². The van der Waals surface area contributed by atoms with Crippen LogP contribution in [0, 0.1) is 0 Å². The average Bonchev–Trinajstić information content (AvgIpc) is 3.39. The zero-order chi connectivity index (χ0) is 16.2. The third-order valence-electron chi connectivity index (χ3n) is 3.65. The molecule has 1 saturated carbocycles. The molecule has 1 aliphatic rings. The van der Waals surface area contributed by atoms with Crippen molar-refractivity contribution in [2.45, 2.75) is 18.9 Å². The third kappa shape index (κ3) is 3.88. The van der Waals surface area contributed by atoms with E-state index in [4.69, 9.17) is 4.74 Å². The van der Waals surface area contributed by atoms with Gasteiger partial charge in [-0.25, -0.2) is 0 Å². The van der Waals surface area contributed by atoms with Gasteiger partial charge in [0.25, 0.3) is 11.8 Å². The summed E-state index contributed by atoms with van der Waals surface area (Å²) in [6.45, 7) is 0. The summed E-state index contributed by atoms with van der Waals surface area (Å²) in [5, 5.41) is 5.72. The smallest absolute Gasteiger partial charge is 0.255 e. The van der Waals surface area contributed by atoms with Crippen molar-refractivity contribution in [2.75, 3.05) is 12.4 Å². The zero-order valence-corrected chi connectivity index (χ0v) is 12.8. The molecule has 5 heteroatoms. The molecular formula is C18H18N2O3. The molecule has 0 spiro atoms. The largest absolute Gasteiger partial charge is 0.497 e. The van der Waals surface area contributed by atoms with Gasteiger partial charge in [-0.3, -0.25) is 9.59 Å². The molecule has 0 saturated heterocycles. The number of nitrogens with one attached hydrogen (secondary N) is 2. The molecule has 0 atom stereocenters. The predicted octanol–water partition coefficient (Wildman–Crippen LogP) is 2.84. The Morgan fingerprint density at radius 2 is 1.65 bits per heavy atom. The standard InChI is InChI=1S/C18H18N2O3/c1-23-16-9-7-15(8-10-16)20-18(22)13-4-2-3-12(11-13)17(21)19-14-5-6-14/h2-4,7-11,14H,5-6H2,1H3,(H,19,21)(H,20,22). The second kappa shape index (κ2) is 6.52. The van der Waals surface area contributed by atoms with E-state index in [1.54, 1.807) is 55.6 Å². The van der Waals surface area contributed by atoms with Crippen LogP contribution in [-0.2, 0) is 0 Å². The molecule has 0 bridgehead atoms. The first kappa shape index (κ1) is 15.1. The number of methoxy groups -OCH3 is 1. The maximum atomic E-state index is 12.3. The monoisotopic (exact) mass is 310 g/mol. The number of hydrogen-bond acceptors (Lipinski definition) is 3. The van der Waals surface area contributed by atoms with Crippen LogP contribution in [0.3, 0.4) is 0 Å². The van der Waals surface area contributed by atoms with Crippen molar-refractivity contribution in [1.29, 1.82) is 0 Å². The quantitative estimate of drug-likeness (QED) is 0.892. The molecule has 2 aromatic carbocycles. The van der Waals surface area contributed by atoms with Crippen molar-refractivity contribution in [2.24, 2.45) is 0 Å². The molecule has 0 aromatic heterocycles. The van der Waals surface area contributed by atoms with E-state index in [9.17, 15) is 9.59 Å². The van der Waals surface area contributed by atoms with E-state index < -0.39 is 0 Å². The minimum Gasteiger partial charge on any atom is -0.497 e. The number of carbonyl (C=O) groups is 2. The van der Waals surface area contributed by atoms with Gasteiger partial charge in [-0.1, -0.05) is 6.07 Å². The van der Waals surface area contributed by atoms with Crippen molar-refractivity contribution in [3.05, 3.63) is 59.7 Å². The van der Waals surface area contributed by atoms with Crippen LogP contribution in [0.25, 0.3) is 0 Å². The fourth-order valence-electron chi connectivity index (χ4n) is 2.18. The van der Waals surface area contributed by atoms with Crippen molar-refractivity contribution >= 4 is 17.5 Å². The Bertz CT molecular complexity index is 721. The van der Waals surface area contributed by atoms with Gasteiger partial charge in [-0.15, -0.1) is 0 Å². The Morgan fingerprint density at radius 1 is 1.00 bits per heavy atom. The molecule has 118 valence electrons. The number of rotatable bonds is 5. The number of ether oxygens (including phenoxy) is 1. The van der Waals surface area contributed by atoms with Gasteiger partial charge in [0.1, 0.15) is 5.75 Å². The highest BCUT2D eigenvalue weighted by molar-refractivity contribution is 6.06. The van der Waals surface area contributed by atoms with Crippen LogP contribution >= 0.6 is 0 Å². The normalized spacial score (nSPS) is 13.3. The molecule has 1 fully saturated rings.